The summed E-state index contributed by atoms with van der Waals surface area (Å²) in [6.45, 7) is 3.67. The quantitative estimate of drug-likeness (QED) is 0.579. The molecule has 2 atom stereocenters. The first kappa shape index (κ1) is 20.2. The van der Waals surface area contributed by atoms with Gasteiger partial charge >= 0.3 is 0 Å². The number of carbonyl (C=O) groups is 1. The van der Waals surface area contributed by atoms with Gasteiger partial charge in [0.15, 0.2) is 5.13 Å². The van der Waals surface area contributed by atoms with Crippen LogP contribution in [-0.2, 0) is 6.54 Å². The minimum absolute atomic E-state index is 0.170. The molecule has 3 aromatic rings. The van der Waals surface area contributed by atoms with Gasteiger partial charge in [0, 0.05) is 36.8 Å². The fraction of sp³-hybridized carbons (Fsp3) is 0.348. The molecule has 0 bridgehead atoms. The molecule has 6 nitrogen and oxygen atoms in total. The number of nitrogens with zero attached hydrogens (tertiary/aromatic N) is 4. The summed E-state index contributed by atoms with van der Waals surface area (Å²) in [5.41, 5.74) is 2.81. The number of hydrogen-bond acceptors (Lipinski definition) is 5. The molecule has 2 aromatic heterocycles. The summed E-state index contributed by atoms with van der Waals surface area (Å²) in [7, 11) is 0. The Bertz CT molecular complexity index is 1040. The molecule has 1 amide bonds. The van der Waals surface area contributed by atoms with Crippen molar-refractivity contribution in [3.8, 4) is 6.07 Å². The van der Waals surface area contributed by atoms with Crippen LogP contribution in [0.5, 0.6) is 0 Å². The minimum atomic E-state index is -0.170. The molecule has 1 N–H and O–H groups in total. The van der Waals surface area contributed by atoms with Crippen LogP contribution in [0.4, 0.5) is 10.8 Å². The molecule has 1 aromatic carbocycles. The van der Waals surface area contributed by atoms with Gasteiger partial charge in [-0.3, -0.25) is 10.1 Å². The van der Waals surface area contributed by atoms with Crippen LogP contribution >= 0.6 is 11.3 Å². The second kappa shape index (κ2) is 9.14. The van der Waals surface area contributed by atoms with Crippen LogP contribution in [0.1, 0.15) is 48.4 Å². The van der Waals surface area contributed by atoms with Gasteiger partial charge in [-0.05, 0) is 43.0 Å². The number of thiazole rings is 1. The highest BCUT2D eigenvalue weighted by Crippen LogP contribution is 2.37. The highest BCUT2D eigenvalue weighted by atomic mass is 32.1. The van der Waals surface area contributed by atoms with Gasteiger partial charge < -0.3 is 9.47 Å². The van der Waals surface area contributed by atoms with E-state index >= 15 is 0 Å². The smallest absolute Gasteiger partial charge is 0.274 e. The lowest BCUT2D eigenvalue weighted by molar-refractivity contribution is 0.101. The van der Waals surface area contributed by atoms with Crippen LogP contribution in [0, 0.1) is 17.2 Å². The molecule has 4 rings (SSSR count). The fourth-order valence-corrected chi connectivity index (χ4v) is 4.75. The Labute approximate surface area is 180 Å². The van der Waals surface area contributed by atoms with Gasteiger partial charge in [0.05, 0.1) is 17.8 Å². The lowest BCUT2D eigenvalue weighted by Crippen LogP contribution is -2.22. The van der Waals surface area contributed by atoms with E-state index in [1.807, 2.05) is 29.8 Å². The van der Waals surface area contributed by atoms with Gasteiger partial charge in [-0.2, -0.15) is 5.26 Å². The number of benzene rings is 1. The predicted molar refractivity (Wildman–Crippen MR) is 120 cm³/mol. The number of rotatable bonds is 7. The Balaban J connectivity index is 1.45. The topological polar surface area (TPSA) is 74.0 Å². The van der Waals surface area contributed by atoms with E-state index in [4.69, 9.17) is 10.2 Å². The van der Waals surface area contributed by atoms with Crippen molar-refractivity contribution >= 4 is 28.1 Å². The molecule has 0 radical (unpaired) electrons. The number of carbonyl (C=O) groups excluding carboxylic acids is 1. The number of anilines is 2. The molecule has 30 heavy (non-hydrogen) atoms. The first-order valence-electron chi connectivity index (χ1n) is 10.3. The van der Waals surface area contributed by atoms with Gasteiger partial charge in [-0.25, -0.2) is 4.98 Å². The van der Waals surface area contributed by atoms with E-state index in [-0.39, 0.29) is 17.9 Å². The second-order valence-corrected chi connectivity index (χ2v) is 8.59. The van der Waals surface area contributed by atoms with Gasteiger partial charge in [0.1, 0.15) is 5.69 Å². The summed E-state index contributed by atoms with van der Waals surface area (Å²) in [6.07, 6.45) is 4.54. The molecule has 1 aliphatic heterocycles. The third-order valence-corrected chi connectivity index (χ3v) is 6.21. The van der Waals surface area contributed by atoms with E-state index in [0.29, 0.717) is 23.8 Å². The van der Waals surface area contributed by atoms with Crippen molar-refractivity contribution in [1.29, 1.82) is 5.26 Å². The van der Waals surface area contributed by atoms with Crippen LogP contribution in [0.15, 0.2) is 54.0 Å². The first-order valence-corrected chi connectivity index (χ1v) is 11.1. The van der Waals surface area contributed by atoms with Crippen molar-refractivity contribution < 1.29 is 4.79 Å². The SMILES string of the molecule is CC(CC#N)Cn1cccc1C(=O)Nc1nc(C2CCCN2c2ccccc2)cs1. The van der Waals surface area contributed by atoms with E-state index < -0.39 is 0 Å². The third-order valence-electron chi connectivity index (χ3n) is 5.43. The molecule has 2 unspecified atom stereocenters. The summed E-state index contributed by atoms with van der Waals surface area (Å²) in [6, 6.07) is 16.5. The van der Waals surface area contributed by atoms with Crippen molar-refractivity contribution in [2.24, 2.45) is 5.92 Å². The number of nitriles is 1. The van der Waals surface area contributed by atoms with Crippen LogP contribution in [-0.4, -0.2) is 22.0 Å². The first-order chi connectivity index (χ1) is 14.7. The van der Waals surface area contributed by atoms with E-state index in [1.165, 1.54) is 17.0 Å². The molecule has 3 heterocycles. The Morgan fingerprint density at radius 3 is 2.97 bits per heavy atom. The van der Waals surface area contributed by atoms with E-state index in [9.17, 15) is 4.79 Å². The van der Waals surface area contributed by atoms with Crippen molar-refractivity contribution in [1.82, 2.24) is 9.55 Å². The molecule has 0 spiro atoms. The summed E-state index contributed by atoms with van der Waals surface area (Å²) in [4.78, 5) is 19.9. The molecule has 1 aliphatic rings. The lowest BCUT2D eigenvalue weighted by atomic mass is 10.1. The zero-order chi connectivity index (χ0) is 20.9. The number of para-hydroxylation sites is 1. The number of aromatic nitrogens is 2. The van der Waals surface area contributed by atoms with Crippen LogP contribution in [0.2, 0.25) is 0 Å². The van der Waals surface area contributed by atoms with E-state index in [0.717, 1.165) is 25.1 Å². The standard InChI is InChI=1S/C23H25N5OS/c1-17(11-12-24)15-27-13-5-10-21(27)22(29)26-23-25-19(16-30-23)20-9-6-14-28(20)18-7-3-2-4-8-18/h2-5,7-8,10,13,16-17,20H,6,9,11,14-15H2,1H3,(H,25,26,29). The summed E-state index contributed by atoms with van der Waals surface area (Å²) >= 11 is 1.47. The van der Waals surface area contributed by atoms with Crippen LogP contribution < -0.4 is 10.2 Å². The van der Waals surface area contributed by atoms with Crippen molar-refractivity contribution in [3.05, 3.63) is 65.4 Å². The largest absolute Gasteiger partial charge is 0.363 e. The molecule has 154 valence electrons. The average molecular weight is 420 g/mol. The fourth-order valence-electron chi connectivity index (χ4n) is 4.00. The maximum Gasteiger partial charge on any atom is 0.274 e. The lowest BCUT2D eigenvalue weighted by Gasteiger charge is -2.25. The van der Waals surface area contributed by atoms with Gasteiger partial charge in [0.25, 0.3) is 5.91 Å². The van der Waals surface area contributed by atoms with Crippen molar-refractivity contribution in [2.45, 2.75) is 38.8 Å². The zero-order valence-electron chi connectivity index (χ0n) is 17.0. The normalized spacial score (nSPS) is 16.9. The van der Waals surface area contributed by atoms with Crippen LogP contribution in [0.3, 0.4) is 0 Å². The van der Waals surface area contributed by atoms with Crippen molar-refractivity contribution in [2.75, 3.05) is 16.8 Å². The molecular weight excluding hydrogens is 394 g/mol. The molecule has 0 aliphatic carbocycles. The van der Waals surface area contributed by atoms with Crippen molar-refractivity contribution in [3.63, 3.8) is 0 Å². The average Bonchev–Trinajstić information content (AvgIpc) is 3.49. The number of hydrogen-bond donors (Lipinski definition) is 1. The Kier molecular flexibility index (Phi) is 6.15. The maximum atomic E-state index is 12.8. The molecule has 1 fully saturated rings. The Hall–Kier alpha value is -3.11. The van der Waals surface area contributed by atoms with Gasteiger partial charge in [-0.15, -0.1) is 11.3 Å². The maximum absolute atomic E-state index is 12.8. The Morgan fingerprint density at radius 1 is 1.33 bits per heavy atom. The van der Waals surface area contributed by atoms with E-state index in [1.54, 1.807) is 6.07 Å². The monoisotopic (exact) mass is 419 g/mol. The van der Waals surface area contributed by atoms with Crippen LogP contribution in [0.25, 0.3) is 0 Å². The summed E-state index contributed by atoms with van der Waals surface area (Å²) < 4.78 is 1.90. The molecule has 7 heteroatoms. The second-order valence-electron chi connectivity index (χ2n) is 7.73. The van der Waals surface area contributed by atoms with Gasteiger partial charge in [0.2, 0.25) is 0 Å². The summed E-state index contributed by atoms with van der Waals surface area (Å²) in [5.74, 6) is 0.0168. The van der Waals surface area contributed by atoms with E-state index in [2.05, 4.69) is 45.9 Å². The highest BCUT2D eigenvalue weighted by Gasteiger charge is 2.28. The zero-order valence-corrected chi connectivity index (χ0v) is 17.8. The van der Waals surface area contributed by atoms with Gasteiger partial charge in [-0.1, -0.05) is 25.1 Å². The number of nitrogens with one attached hydrogen (secondary N) is 1. The number of amides is 1. The molecule has 1 saturated heterocycles. The summed E-state index contributed by atoms with van der Waals surface area (Å²) in [5, 5.41) is 14.5. The predicted octanol–water partition coefficient (Wildman–Crippen LogP) is 5.09. The molecular formula is C23H25N5OS. The third kappa shape index (κ3) is 4.39. The Morgan fingerprint density at radius 2 is 2.17 bits per heavy atom. The molecule has 0 saturated carbocycles. The highest BCUT2D eigenvalue weighted by molar-refractivity contribution is 7.14. The minimum Gasteiger partial charge on any atom is -0.363 e.